The van der Waals surface area contributed by atoms with Crippen LogP contribution in [0.3, 0.4) is 0 Å². The summed E-state index contributed by atoms with van der Waals surface area (Å²) in [5.74, 6) is 1.04. The molecule has 0 unspecified atom stereocenters. The maximum absolute atomic E-state index is 11.9. The van der Waals surface area contributed by atoms with Crippen molar-refractivity contribution in [2.75, 3.05) is 19.6 Å². The van der Waals surface area contributed by atoms with E-state index in [1.807, 2.05) is 12.1 Å². The zero-order valence-electron chi connectivity index (χ0n) is 10.9. The molecule has 6 heteroatoms. The molecule has 1 fully saturated rings. The molecule has 2 N–H and O–H groups in total. The van der Waals surface area contributed by atoms with Crippen LogP contribution in [-0.4, -0.2) is 41.8 Å². The van der Waals surface area contributed by atoms with E-state index < -0.39 is 0 Å². The summed E-state index contributed by atoms with van der Waals surface area (Å²) in [7, 11) is 0. The van der Waals surface area contributed by atoms with Crippen molar-refractivity contribution in [3.8, 4) is 0 Å². The Morgan fingerprint density at radius 2 is 2.47 bits per heavy atom. The summed E-state index contributed by atoms with van der Waals surface area (Å²) >= 11 is 3.24. The SMILES string of the molecule is C[C@H](O)[C@H]1CCN(C(=O)NCCc2ccc(Br)o2)C1. The molecule has 0 bridgehead atoms. The first-order chi connectivity index (χ1) is 9.06. The zero-order valence-corrected chi connectivity index (χ0v) is 12.5. The molecule has 2 heterocycles. The quantitative estimate of drug-likeness (QED) is 0.887. The fourth-order valence-corrected chi connectivity index (χ4v) is 2.60. The molecule has 106 valence electrons. The fraction of sp³-hybridized carbons (Fsp3) is 0.615. The van der Waals surface area contributed by atoms with Crippen LogP contribution in [0, 0.1) is 5.92 Å². The number of carbonyl (C=O) groups excluding carboxylic acids is 1. The average Bonchev–Trinajstić information content (AvgIpc) is 2.98. The number of halogens is 1. The number of rotatable bonds is 4. The lowest BCUT2D eigenvalue weighted by Crippen LogP contribution is -2.39. The first-order valence-electron chi connectivity index (χ1n) is 6.51. The second-order valence-electron chi connectivity index (χ2n) is 4.92. The molecule has 2 amide bonds. The van der Waals surface area contributed by atoms with Gasteiger partial charge in [0.05, 0.1) is 6.10 Å². The van der Waals surface area contributed by atoms with E-state index in [4.69, 9.17) is 4.42 Å². The maximum atomic E-state index is 11.9. The van der Waals surface area contributed by atoms with Crippen molar-refractivity contribution >= 4 is 22.0 Å². The minimum Gasteiger partial charge on any atom is -0.454 e. The van der Waals surface area contributed by atoms with Gasteiger partial charge in [-0.3, -0.25) is 0 Å². The molecule has 0 saturated carbocycles. The summed E-state index contributed by atoms with van der Waals surface area (Å²) in [4.78, 5) is 13.7. The number of carbonyl (C=O) groups is 1. The summed E-state index contributed by atoms with van der Waals surface area (Å²) < 4.78 is 6.06. The highest BCUT2D eigenvalue weighted by atomic mass is 79.9. The van der Waals surface area contributed by atoms with Gasteiger partial charge in [-0.15, -0.1) is 0 Å². The largest absolute Gasteiger partial charge is 0.454 e. The van der Waals surface area contributed by atoms with Gasteiger partial charge in [-0.2, -0.15) is 0 Å². The van der Waals surface area contributed by atoms with E-state index in [1.165, 1.54) is 0 Å². The van der Waals surface area contributed by atoms with Gasteiger partial charge in [0.2, 0.25) is 0 Å². The lowest BCUT2D eigenvalue weighted by molar-refractivity contribution is 0.129. The minimum atomic E-state index is -0.349. The molecule has 2 atom stereocenters. The van der Waals surface area contributed by atoms with Crippen LogP contribution in [-0.2, 0) is 6.42 Å². The van der Waals surface area contributed by atoms with Gasteiger partial charge in [0.15, 0.2) is 4.67 Å². The predicted octanol–water partition coefficient (Wildman–Crippen LogP) is 2.00. The molecule has 0 aliphatic carbocycles. The number of amides is 2. The first-order valence-corrected chi connectivity index (χ1v) is 7.30. The highest BCUT2D eigenvalue weighted by Gasteiger charge is 2.28. The Kier molecular flexibility index (Phi) is 4.87. The normalized spacial score (nSPS) is 20.6. The van der Waals surface area contributed by atoms with Gasteiger partial charge in [-0.1, -0.05) is 0 Å². The molecule has 1 aromatic rings. The molecule has 1 aliphatic heterocycles. The Morgan fingerprint density at radius 3 is 3.05 bits per heavy atom. The number of aliphatic hydroxyl groups excluding tert-OH is 1. The van der Waals surface area contributed by atoms with Crippen LogP contribution in [0.15, 0.2) is 21.2 Å². The number of nitrogens with one attached hydrogen (secondary N) is 1. The van der Waals surface area contributed by atoms with Crippen LogP contribution < -0.4 is 5.32 Å². The third-order valence-electron chi connectivity index (χ3n) is 3.47. The molecule has 1 saturated heterocycles. The Labute approximate surface area is 121 Å². The number of urea groups is 1. The highest BCUT2D eigenvalue weighted by molar-refractivity contribution is 9.10. The van der Waals surface area contributed by atoms with Gasteiger partial charge in [0.1, 0.15) is 5.76 Å². The standard InChI is InChI=1S/C13H19BrN2O3/c1-9(17)10-5-7-16(8-10)13(18)15-6-4-11-2-3-12(14)19-11/h2-3,9-10,17H,4-8H2,1H3,(H,15,18)/t9-,10-/m0/s1. The molecule has 0 radical (unpaired) electrons. The zero-order chi connectivity index (χ0) is 13.8. The molecule has 1 aromatic heterocycles. The predicted molar refractivity (Wildman–Crippen MR) is 74.9 cm³/mol. The average molecular weight is 331 g/mol. The van der Waals surface area contributed by atoms with E-state index in [2.05, 4.69) is 21.2 Å². The second-order valence-corrected chi connectivity index (χ2v) is 5.70. The molecule has 0 spiro atoms. The molecular weight excluding hydrogens is 312 g/mol. The lowest BCUT2D eigenvalue weighted by atomic mass is 10.0. The summed E-state index contributed by atoms with van der Waals surface area (Å²) in [5, 5.41) is 12.4. The topological polar surface area (TPSA) is 65.7 Å². The highest BCUT2D eigenvalue weighted by Crippen LogP contribution is 2.19. The van der Waals surface area contributed by atoms with E-state index in [-0.39, 0.29) is 18.1 Å². The van der Waals surface area contributed by atoms with E-state index in [1.54, 1.807) is 11.8 Å². The van der Waals surface area contributed by atoms with E-state index >= 15 is 0 Å². The van der Waals surface area contributed by atoms with Crippen molar-refractivity contribution in [2.45, 2.75) is 25.9 Å². The van der Waals surface area contributed by atoms with Crippen molar-refractivity contribution in [3.63, 3.8) is 0 Å². The summed E-state index contributed by atoms with van der Waals surface area (Å²) in [6.07, 6.45) is 1.19. The molecule has 1 aliphatic rings. The molecule has 19 heavy (non-hydrogen) atoms. The van der Waals surface area contributed by atoms with Gasteiger partial charge >= 0.3 is 6.03 Å². The number of hydrogen-bond acceptors (Lipinski definition) is 3. The van der Waals surface area contributed by atoms with Crippen molar-refractivity contribution < 1.29 is 14.3 Å². The van der Waals surface area contributed by atoms with Gasteiger partial charge < -0.3 is 19.7 Å². The van der Waals surface area contributed by atoms with Gasteiger partial charge in [-0.05, 0) is 41.4 Å². The molecule has 0 aromatic carbocycles. The lowest BCUT2D eigenvalue weighted by Gasteiger charge is -2.18. The molecule has 2 rings (SSSR count). The van der Waals surface area contributed by atoms with Crippen LogP contribution in [0.25, 0.3) is 0 Å². The number of furan rings is 1. The first kappa shape index (κ1) is 14.4. The minimum absolute atomic E-state index is 0.0613. The summed E-state index contributed by atoms with van der Waals surface area (Å²) in [6, 6.07) is 3.66. The number of aliphatic hydroxyl groups is 1. The van der Waals surface area contributed by atoms with Gasteiger partial charge in [0, 0.05) is 32.0 Å². The van der Waals surface area contributed by atoms with Crippen LogP contribution >= 0.6 is 15.9 Å². The van der Waals surface area contributed by atoms with Crippen molar-refractivity contribution in [2.24, 2.45) is 5.92 Å². The summed E-state index contributed by atoms with van der Waals surface area (Å²) in [5.41, 5.74) is 0. The Balaban J connectivity index is 1.70. The Morgan fingerprint density at radius 1 is 1.68 bits per heavy atom. The summed E-state index contributed by atoms with van der Waals surface area (Å²) in [6.45, 7) is 3.68. The number of nitrogens with zero attached hydrogens (tertiary/aromatic N) is 1. The van der Waals surface area contributed by atoms with Gasteiger partial charge in [-0.25, -0.2) is 4.79 Å². The van der Waals surface area contributed by atoms with E-state index in [0.717, 1.165) is 12.2 Å². The monoisotopic (exact) mass is 330 g/mol. The van der Waals surface area contributed by atoms with Crippen LogP contribution in [0.1, 0.15) is 19.1 Å². The Bertz CT molecular complexity index is 433. The number of likely N-dealkylation sites (tertiary alicyclic amines) is 1. The van der Waals surface area contributed by atoms with Crippen molar-refractivity contribution in [1.29, 1.82) is 0 Å². The third-order valence-corrected chi connectivity index (χ3v) is 3.90. The van der Waals surface area contributed by atoms with E-state index in [0.29, 0.717) is 30.7 Å². The van der Waals surface area contributed by atoms with E-state index in [9.17, 15) is 9.90 Å². The second kappa shape index (κ2) is 6.43. The molecule has 5 nitrogen and oxygen atoms in total. The number of hydrogen-bond donors (Lipinski definition) is 2. The smallest absolute Gasteiger partial charge is 0.317 e. The van der Waals surface area contributed by atoms with Crippen LogP contribution in [0.5, 0.6) is 0 Å². The fourth-order valence-electron chi connectivity index (χ4n) is 2.26. The maximum Gasteiger partial charge on any atom is 0.317 e. The van der Waals surface area contributed by atoms with Crippen LogP contribution in [0.4, 0.5) is 4.79 Å². The van der Waals surface area contributed by atoms with Gasteiger partial charge in [0.25, 0.3) is 0 Å². The van der Waals surface area contributed by atoms with Crippen LogP contribution in [0.2, 0.25) is 0 Å². The third kappa shape index (κ3) is 3.98. The molecular formula is C13H19BrN2O3. The van der Waals surface area contributed by atoms with Crippen molar-refractivity contribution in [1.82, 2.24) is 10.2 Å². The Hall–Kier alpha value is -1.01. The van der Waals surface area contributed by atoms with Crippen molar-refractivity contribution in [3.05, 3.63) is 22.6 Å².